The van der Waals surface area contributed by atoms with E-state index in [0.717, 1.165) is 12.1 Å². The van der Waals surface area contributed by atoms with Crippen LogP contribution < -0.4 is 21.1 Å². The van der Waals surface area contributed by atoms with E-state index < -0.39 is 23.6 Å². The van der Waals surface area contributed by atoms with Crippen molar-refractivity contribution >= 4 is 28.7 Å². The fourth-order valence-corrected chi connectivity index (χ4v) is 5.30. The maximum absolute atomic E-state index is 13.9. The smallest absolute Gasteiger partial charge is 0.256 e. The van der Waals surface area contributed by atoms with Gasteiger partial charge in [-0.15, -0.1) is 0 Å². The summed E-state index contributed by atoms with van der Waals surface area (Å²) in [7, 11) is 0. The Morgan fingerprint density at radius 1 is 0.956 bits per heavy atom. The van der Waals surface area contributed by atoms with E-state index in [2.05, 4.69) is 39.9 Å². The van der Waals surface area contributed by atoms with Gasteiger partial charge in [0.15, 0.2) is 11.4 Å². The number of hydrogen-bond donors (Lipinski definition) is 2. The lowest BCUT2D eigenvalue weighted by Crippen LogP contribution is -2.55. The van der Waals surface area contributed by atoms with Crippen molar-refractivity contribution in [2.75, 3.05) is 24.5 Å². The van der Waals surface area contributed by atoms with Gasteiger partial charge in [-0.3, -0.25) is 19.0 Å². The lowest BCUT2D eigenvalue weighted by molar-refractivity contribution is -0.118. The van der Waals surface area contributed by atoms with Gasteiger partial charge in [-0.05, 0) is 61.4 Å². The van der Waals surface area contributed by atoms with Crippen molar-refractivity contribution in [3.05, 3.63) is 118 Å². The summed E-state index contributed by atoms with van der Waals surface area (Å²) in [5, 5.41) is 6.50. The van der Waals surface area contributed by atoms with Gasteiger partial charge >= 0.3 is 0 Å². The van der Waals surface area contributed by atoms with E-state index in [0.29, 0.717) is 53.6 Å². The first-order chi connectivity index (χ1) is 21.7. The van der Waals surface area contributed by atoms with Gasteiger partial charge in [0.25, 0.3) is 11.5 Å². The zero-order chi connectivity index (χ0) is 31.7. The Balaban J connectivity index is 0.000000525. The lowest BCUT2D eigenvalue weighted by Gasteiger charge is -2.34. The largest absolute Gasteiger partial charge is 0.348 e. The average Bonchev–Trinajstić information content (AvgIpc) is 3.02. The molecule has 11 heteroatoms. The molecule has 2 N–H and O–H groups in total. The van der Waals surface area contributed by atoms with Crippen molar-refractivity contribution in [2.24, 2.45) is 0 Å². The Hall–Kier alpha value is -5.29. The van der Waals surface area contributed by atoms with Crippen LogP contribution in [-0.2, 0) is 11.3 Å². The molecule has 2 aromatic heterocycles. The average molecular weight is 609 g/mol. The van der Waals surface area contributed by atoms with E-state index >= 15 is 0 Å². The molecule has 45 heavy (non-hydrogen) atoms. The molecule has 1 saturated heterocycles. The minimum Gasteiger partial charge on any atom is -0.348 e. The highest BCUT2D eigenvalue weighted by Gasteiger charge is 2.29. The van der Waals surface area contributed by atoms with Crippen LogP contribution in [0.25, 0.3) is 27.8 Å². The van der Waals surface area contributed by atoms with Gasteiger partial charge in [-0.1, -0.05) is 30.3 Å². The van der Waals surface area contributed by atoms with Crippen LogP contribution in [-0.4, -0.2) is 51.9 Å². The van der Waals surface area contributed by atoms with Crippen molar-refractivity contribution in [3.63, 3.8) is 0 Å². The summed E-state index contributed by atoms with van der Waals surface area (Å²) in [6.45, 7) is 4.94. The number of ketones is 1. The van der Waals surface area contributed by atoms with Gasteiger partial charge in [-0.2, -0.15) is 4.98 Å². The van der Waals surface area contributed by atoms with Crippen LogP contribution in [0.5, 0.6) is 0 Å². The van der Waals surface area contributed by atoms with Gasteiger partial charge in [-0.25, -0.2) is 13.8 Å². The van der Waals surface area contributed by atoms with Crippen molar-refractivity contribution < 1.29 is 18.4 Å². The zero-order valence-corrected chi connectivity index (χ0v) is 24.7. The molecule has 4 aromatic rings. The molecule has 0 saturated carbocycles. The van der Waals surface area contributed by atoms with E-state index in [4.69, 9.17) is 4.98 Å². The SMILES string of the molecule is CC(=O)C1CNCCN1c1nc(C)c2ccc(=O)n(-c3ccc(C(=O)NCc4ccc(F)cc4F)cc3)c2n1.c1cc2ccc1-2. The number of piperazine rings is 1. The fraction of sp³-hybridized carbons (Fsp3) is 0.206. The minimum absolute atomic E-state index is 0.00923. The highest BCUT2D eigenvalue weighted by atomic mass is 19.1. The van der Waals surface area contributed by atoms with E-state index in [-0.39, 0.29) is 23.5 Å². The maximum atomic E-state index is 13.9. The van der Waals surface area contributed by atoms with Gasteiger partial charge in [0, 0.05) is 54.8 Å². The van der Waals surface area contributed by atoms with Crippen molar-refractivity contribution in [1.29, 1.82) is 0 Å². The molecule has 1 aliphatic heterocycles. The molecule has 9 nitrogen and oxygen atoms in total. The second-order valence-electron chi connectivity index (χ2n) is 10.9. The number of carbonyl (C=O) groups is 2. The number of carbonyl (C=O) groups excluding carboxylic acids is 2. The molecule has 0 bridgehead atoms. The van der Waals surface area contributed by atoms with Crippen molar-refractivity contribution in [1.82, 2.24) is 25.2 Å². The molecule has 3 aliphatic rings. The van der Waals surface area contributed by atoms with Crippen LogP contribution in [0, 0.1) is 18.6 Å². The van der Waals surface area contributed by atoms with Crippen LogP contribution >= 0.6 is 0 Å². The van der Waals surface area contributed by atoms with Crippen LogP contribution in [0.1, 0.15) is 28.5 Å². The molecule has 1 unspecified atom stereocenters. The van der Waals surface area contributed by atoms with Crippen LogP contribution in [0.2, 0.25) is 0 Å². The summed E-state index contributed by atoms with van der Waals surface area (Å²) in [4.78, 5) is 49.1. The second-order valence-corrected chi connectivity index (χ2v) is 10.9. The predicted octanol–water partition coefficient (Wildman–Crippen LogP) is 4.33. The minimum atomic E-state index is -0.743. The molecule has 2 aliphatic carbocycles. The monoisotopic (exact) mass is 608 g/mol. The topological polar surface area (TPSA) is 109 Å². The number of rotatable bonds is 6. The van der Waals surface area contributed by atoms with E-state index in [1.165, 1.54) is 34.8 Å². The molecule has 2 aromatic carbocycles. The number of halogens is 2. The highest BCUT2D eigenvalue weighted by molar-refractivity contribution is 5.94. The maximum Gasteiger partial charge on any atom is 0.256 e. The number of benzene rings is 3. The van der Waals surface area contributed by atoms with Gasteiger partial charge < -0.3 is 15.5 Å². The van der Waals surface area contributed by atoms with Gasteiger partial charge in [0.1, 0.15) is 17.7 Å². The third-order valence-electron chi connectivity index (χ3n) is 7.96. The summed E-state index contributed by atoms with van der Waals surface area (Å²) in [5.74, 6) is -1.53. The number of Topliss-reactive ketones (excluding diaryl/α,β-unsaturated/α-hetero) is 1. The summed E-state index contributed by atoms with van der Waals surface area (Å²) in [5.41, 5.74) is 4.52. The van der Waals surface area contributed by atoms with E-state index in [1.807, 2.05) is 11.8 Å². The first-order valence-corrected chi connectivity index (χ1v) is 14.5. The van der Waals surface area contributed by atoms with Crippen molar-refractivity contribution in [3.8, 4) is 16.8 Å². The van der Waals surface area contributed by atoms with Gasteiger partial charge in [0.05, 0.1) is 11.4 Å². The lowest BCUT2D eigenvalue weighted by atomic mass is 9.95. The number of anilines is 1. The number of nitrogens with zero attached hydrogens (tertiary/aromatic N) is 4. The Labute approximate surface area is 257 Å². The molecule has 1 atom stereocenters. The molecule has 1 fully saturated rings. The molecule has 0 radical (unpaired) electrons. The summed E-state index contributed by atoms with van der Waals surface area (Å²) < 4.78 is 28.5. The number of nitrogens with one attached hydrogen (secondary N) is 2. The number of aryl methyl sites for hydroxylation is 1. The number of pyridine rings is 1. The Kier molecular flexibility index (Phi) is 8.18. The highest BCUT2D eigenvalue weighted by Crippen LogP contribution is 2.29. The zero-order valence-electron chi connectivity index (χ0n) is 24.7. The number of amides is 1. The molecule has 228 valence electrons. The molecule has 3 heterocycles. The number of fused-ring (bicyclic) bond motifs is 2. The van der Waals surface area contributed by atoms with E-state index in [9.17, 15) is 23.2 Å². The molecule has 1 amide bonds. The van der Waals surface area contributed by atoms with Crippen LogP contribution in [0.3, 0.4) is 0 Å². The van der Waals surface area contributed by atoms with Crippen molar-refractivity contribution in [2.45, 2.75) is 26.4 Å². The molecule has 0 spiro atoms. The molecular formula is C34H30F2N6O3. The van der Waals surface area contributed by atoms with E-state index in [1.54, 1.807) is 30.3 Å². The summed E-state index contributed by atoms with van der Waals surface area (Å²) in [6, 6.07) is 20.7. The third kappa shape index (κ3) is 6.07. The third-order valence-corrected chi connectivity index (χ3v) is 7.96. The first-order valence-electron chi connectivity index (χ1n) is 14.5. The van der Waals surface area contributed by atoms with Crippen LogP contribution in [0.4, 0.5) is 14.7 Å². The quantitative estimate of drug-likeness (QED) is 0.290. The second kappa shape index (κ2) is 12.4. The first kappa shape index (κ1) is 29.8. The Morgan fingerprint density at radius 3 is 2.29 bits per heavy atom. The Bertz CT molecular complexity index is 1960. The summed E-state index contributed by atoms with van der Waals surface area (Å²) >= 11 is 0. The standard InChI is InChI=1S/C28H26F2N6O3.C6H4/c1-16-22-9-10-25(38)36(26(22)34-28(33-16)35-12-11-31-15-24(35)17(2)37)21-7-4-18(5-8-21)27(39)32-14-19-3-6-20(29)13-23(19)30;1-2-6-4-3-5(1)6/h3-10,13,24,31H,11-12,14-15H2,1-2H3,(H,32,39);1-4H. The fourth-order valence-electron chi connectivity index (χ4n) is 5.30. The predicted molar refractivity (Wildman–Crippen MR) is 168 cm³/mol. The Morgan fingerprint density at radius 2 is 1.67 bits per heavy atom. The molecular weight excluding hydrogens is 578 g/mol. The summed E-state index contributed by atoms with van der Waals surface area (Å²) in [6.07, 6.45) is 0. The number of aromatic nitrogens is 3. The van der Waals surface area contributed by atoms with Crippen LogP contribution in [0.15, 0.2) is 83.7 Å². The normalized spacial score (nSPS) is 14.8. The number of hydrogen-bond acceptors (Lipinski definition) is 7. The molecule has 7 rings (SSSR count). The van der Waals surface area contributed by atoms with Gasteiger partial charge in [0.2, 0.25) is 5.95 Å².